The van der Waals surface area contributed by atoms with Gasteiger partial charge in [-0.15, -0.1) is 0 Å². The number of imidazole rings is 1. The molecule has 0 radical (unpaired) electrons. The quantitative estimate of drug-likeness (QED) is 0.467. The third-order valence-electron chi connectivity index (χ3n) is 4.38. The smallest absolute Gasteiger partial charge is 0.244 e. The summed E-state index contributed by atoms with van der Waals surface area (Å²) in [6.07, 6.45) is 3.38. The van der Waals surface area contributed by atoms with Crippen LogP contribution in [-0.4, -0.2) is 20.4 Å². The Morgan fingerprint density at radius 3 is 2.86 bits per heavy atom. The van der Waals surface area contributed by atoms with Crippen LogP contribution < -0.4 is 5.32 Å². The number of nitrogens with one attached hydrogen (secondary N) is 1. The van der Waals surface area contributed by atoms with Gasteiger partial charge >= 0.3 is 0 Å². The molecule has 29 heavy (non-hydrogen) atoms. The molecule has 5 nitrogen and oxygen atoms in total. The summed E-state index contributed by atoms with van der Waals surface area (Å²) in [5.41, 5.74) is 4.39. The van der Waals surface area contributed by atoms with E-state index in [2.05, 4.69) is 40.4 Å². The molecule has 0 spiro atoms. The first-order valence-electron chi connectivity index (χ1n) is 9.12. The standard InChI is InChI=1S/C22H19FN4OS/c1-15-4-2-5-16(10-15)14-29-22-26-19-8-9-24-12-20(19)27(22)13-21(28)25-18-7-3-6-17(23)11-18/h2-12H,13-14H2,1H3,(H,25,28). The van der Waals surface area contributed by atoms with Gasteiger partial charge in [-0.25, -0.2) is 9.37 Å². The molecule has 0 unspecified atom stereocenters. The van der Waals surface area contributed by atoms with E-state index in [-0.39, 0.29) is 12.5 Å². The molecule has 0 atom stereocenters. The number of hydrogen-bond donors (Lipinski definition) is 1. The maximum atomic E-state index is 13.4. The highest BCUT2D eigenvalue weighted by atomic mass is 32.2. The largest absolute Gasteiger partial charge is 0.324 e. The molecule has 0 saturated carbocycles. The molecule has 0 bridgehead atoms. The van der Waals surface area contributed by atoms with Crippen LogP contribution in [0.3, 0.4) is 0 Å². The summed E-state index contributed by atoms with van der Waals surface area (Å²) >= 11 is 1.57. The second-order valence-electron chi connectivity index (χ2n) is 6.68. The fraction of sp³-hybridized carbons (Fsp3) is 0.136. The number of carbonyl (C=O) groups excluding carboxylic acids is 1. The molecular formula is C22H19FN4OS. The van der Waals surface area contributed by atoms with Crippen LogP contribution in [0.25, 0.3) is 11.0 Å². The molecule has 0 aliphatic rings. The maximum Gasteiger partial charge on any atom is 0.244 e. The molecule has 4 aromatic rings. The Morgan fingerprint density at radius 2 is 2.03 bits per heavy atom. The Balaban J connectivity index is 1.57. The van der Waals surface area contributed by atoms with Gasteiger partial charge in [0.15, 0.2) is 5.16 Å². The van der Waals surface area contributed by atoms with E-state index in [1.807, 2.05) is 16.7 Å². The summed E-state index contributed by atoms with van der Waals surface area (Å²) in [7, 11) is 0. The number of fused-ring (bicyclic) bond motifs is 1. The molecule has 4 rings (SSSR count). The predicted molar refractivity (Wildman–Crippen MR) is 113 cm³/mol. The molecule has 0 aliphatic heterocycles. The zero-order chi connectivity index (χ0) is 20.2. The van der Waals surface area contributed by atoms with Crippen LogP contribution in [0.15, 0.2) is 72.1 Å². The van der Waals surface area contributed by atoms with Gasteiger partial charge in [-0.1, -0.05) is 47.7 Å². The molecular weight excluding hydrogens is 387 g/mol. The van der Waals surface area contributed by atoms with Crippen molar-refractivity contribution in [3.05, 3.63) is 83.9 Å². The van der Waals surface area contributed by atoms with E-state index in [1.165, 1.54) is 23.3 Å². The van der Waals surface area contributed by atoms with Crippen molar-refractivity contribution >= 4 is 34.4 Å². The highest BCUT2D eigenvalue weighted by Crippen LogP contribution is 2.27. The lowest BCUT2D eigenvalue weighted by Crippen LogP contribution is -2.19. The van der Waals surface area contributed by atoms with E-state index in [0.29, 0.717) is 5.69 Å². The first-order chi connectivity index (χ1) is 14.1. The van der Waals surface area contributed by atoms with Crippen LogP contribution in [0.4, 0.5) is 10.1 Å². The van der Waals surface area contributed by atoms with Crippen molar-refractivity contribution in [3.63, 3.8) is 0 Å². The number of rotatable bonds is 6. The fourth-order valence-electron chi connectivity index (χ4n) is 3.07. The van der Waals surface area contributed by atoms with Gasteiger partial charge in [-0.05, 0) is 36.8 Å². The number of halogens is 1. The Morgan fingerprint density at radius 1 is 1.17 bits per heavy atom. The zero-order valence-corrected chi connectivity index (χ0v) is 16.6. The number of hydrogen-bond acceptors (Lipinski definition) is 4. The van der Waals surface area contributed by atoms with Crippen molar-refractivity contribution in [1.29, 1.82) is 0 Å². The normalized spacial score (nSPS) is 11.0. The summed E-state index contributed by atoms with van der Waals surface area (Å²) in [6, 6.07) is 16.0. The Kier molecular flexibility index (Phi) is 5.57. The summed E-state index contributed by atoms with van der Waals surface area (Å²) in [5, 5.41) is 3.48. The molecule has 0 saturated heterocycles. The van der Waals surface area contributed by atoms with Gasteiger partial charge in [0.2, 0.25) is 5.91 Å². The van der Waals surface area contributed by atoms with Gasteiger partial charge in [-0.2, -0.15) is 0 Å². The first kappa shape index (κ1) is 19.1. The van der Waals surface area contributed by atoms with Crippen LogP contribution in [0.2, 0.25) is 0 Å². The predicted octanol–water partition coefficient (Wildman–Crippen LogP) is 4.81. The number of anilines is 1. The second kappa shape index (κ2) is 8.45. The number of amides is 1. The highest BCUT2D eigenvalue weighted by Gasteiger charge is 2.15. The van der Waals surface area contributed by atoms with Gasteiger partial charge in [0.1, 0.15) is 12.4 Å². The average Bonchev–Trinajstić information content (AvgIpc) is 3.04. The highest BCUT2D eigenvalue weighted by molar-refractivity contribution is 7.98. The Labute approximate surface area is 172 Å². The summed E-state index contributed by atoms with van der Waals surface area (Å²) < 4.78 is 15.2. The Hall–Kier alpha value is -3.19. The number of nitrogens with zero attached hydrogens (tertiary/aromatic N) is 3. The third kappa shape index (κ3) is 4.63. The van der Waals surface area contributed by atoms with Crippen LogP contribution in [0, 0.1) is 12.7 Å². The lowest BCUT2D eigenvalue weighted by atomic mass is 10.2. The van der Waals surface area contributed by atoms with E-state index in [9.17, 15) is 9.18 Å². The maximum absolute atomic E-state index is 13.4. The van der Waals surface area contributed by atoms with E-state index in [1.54, 1.807) is 36.3 Å². The van der Waals surface area contributed by atoms with E-state index >= 15 is 0 Å². The number of thioether (sulfide) groups is 1. The number of carbonyl (C=O) groups is 1. The average molecular weight is 406 g/mol. The van der Waals surface area contributed by atoms with Crippen molar-refractivity contribution in [2.45, 2.75) is 24.4 Å². The van der Waals surface area contributed by atoms with Gasteiger partial charge in [0.05, 0.1) is 17.2 Å². The molecule has 2 heterocycles. The number of aryl methyl sites for hydroxylation is 1. The second-order valence-corrected chi connectivity index (χ2v) is 7.62. The van der Waals surface area contributed by atoms with E-state index in [4.69, 9.17) is 0 Å². The van der Waals surface area contributed by atoms with Crippen LogP contribution in [-0.2, 0) is 17.1 Å². The number of aromatic nitrogens is 3. The summed E-state index contributed by atoms with van der Waals surface area (Å²) in [5.74, 6) is 0.0925. The molecule has 0 fully saturated rings. The summed E-state index contributed by atoms with van der Waals surface area (Å²) in [4.78, 5) is 21.4. The van der Waals surface area contributed by atoms with Crippen LogP contribution >= 0.6 is 11.8 Å². The number of benzene rings is 2. The van der Waals surface area contributed by atoms with Crippen molar-refractivity contribution in [1.82, 2.24) is 14.5 Å². The fourth-order valence-corrected chi connectivity index (χ4v) is 4.03. The first-order valence-corrected chi connectivity index (χ1v) is 10.1. The number of pyridine rings is 1. The van der Waals surface area contributed by atoms with Gasteiger partial charge < -0.3 is 9.88 Å². The molecule has 146 valence electrons. The van der Waals surface area contributed by atoms with Crippen molar-refractivity contribution in [2.75, 3.05) is 5.32 Å². The molecule has 1 N–H and O–H groups in total. The molecule has 7 heteroatoms. The third-order valence-corrected chi connectivity index (χ3v) is 5.42. The zero-order valence-electron chi connectivity index (χ0n) is 15.8. The van der Waals surface area contributed by atoms with Gasteiger partial charge in [-0.3, -0.25) is 9.78 Å². The van der Waals surface area contributed by atoms with Crippen LogP contribution in [0.5, 0.6) is 0 Å². The molecule has 1 amide bonds. The Bertz CT molecular complexity index is 1170. The molecule has 2 aromatic heterocycles. The summed E-state index contributed by atoms with van der Waals surface area (Å²) in [6.45, 7) is 2.13. The van der Waals surface area contributed by atoms with Crippen molar-refractivity contribution in [3.8, 4) is 0 Å². The van der Waals surface area contributed by atoms with Crippen molar-refractivity contribution < 1.29 is 9.18 Å². The van der Waals surface area contributed by atoms with Gasteiger partial charge in [0, 0.05) is 17.6 Å². The monoisotopic (exact) mass is 406 g/mol. The van der Waals surface area contributed by atoms with Gasteiger partial charge in [0.25, 0.3) is 0 Å². The minimum Gasteiger partial charge on any atom is -0.324 e. The van der Waals surface area contributed by atoms with E-state index < -0.39 is 5.82 Å². The molecule has 0 aliphatic carbocycles. The minimum atomic E-state index is -0.394. The topological polar surface area (TPSA) is 59.8 Å². The van der Waals surface area contributed by atoms with E-state index in [0.717, 1.165) is 21.9 Å². The van der Waals surface area contributed by atoms with Crippen LogP contribution in [0.1, 0.15) is 11.1 Å². The molecule has 2 aromatic carbocycles. The SMILES string of the molecule is Cc1cccc(CSc2nc3ccncc3n2CC(=O)Nc2cccc(F)c2)c1. The van der Waals surface area contributed by atoms with Crippen molar-refractivity contribution in [2.24, 2.45) is 0 Å². The lowest BCUT2D eigenvalue weighted by molar-refractivity contribution is -0.116. The lowest BCUT2D eigenvalue weighted by Gasteiger charge is -2.10. The minimum absolute atomic E-state index is 0.0643.